The first-order valence-corrected chi connectivity index (χ1v) is 6.86. The van der Waals surface area contributed by atoms with Crippen molar-refractivity contribution in [3.63, 3.8) is 0 Å². The summed E-state index contributed by atoms with van der Waals surface area (Å²) >= 11 is 0. The summed E-state index contributed by atoms with van der Waals surface area (Å²) in [6, 6.07) is 1.49. The zero-order valence-corrected chi connectivity index (χ0v) is 11.6. The molecule has 1 atom stereocenters. The van der Waals surface area contributed by atoms with Gasteiger partial charge >= 0.3 is 0 Å². The number of aryl methyl sites for hydroxylation is 1. The van der Waals surface area contributed by atoms with Gasteiger partial charge in [-0.1, -0.05) is 0 Å². The maximum atomic E-state index is 12.6. The van der Waals surface area contributed by atoms with Gasteiger partial charge in [0.15, 0.2) is 0 Å². The summed E-state index contributed by atoms with van der Waals surface area (Å²) in [5.41, 5.74) is 5.91. The lowest BCUT2D eigenvalue weighted by molar-refractivity contribution is -0.384. The normalized spacial score (nSPS) is 19.1. The van der Waals surface area contributed by atoms with Crippen LogP contribution in [0, 0.1) is 10.1 Å². The van der Waals surface area contributed by atoms with Gasteiger partial charge in [-0.05, 0) is 32.2 Å². The number of carbonyl (C=O) groups excluding carboxylic acids is 1. The molecule has 1 unspecified atom stereocenters. The first-order chi connectivity index (χ1) is 9.54. The third kappa shape index (κ3) is 2.82. The molecular formula is C13H20N4O3. The van der Waals surface area contributed by atoms with Crippen molar-refractivity contribution in [1.82, 2.24) is 9.47 Å². The van der Waals surface area contributed by atoms with E-state index in [9.17, 15) is 14.9 Å². The van der Waals surface area contributed by atoms with Gasteiger partial charge in [0, 0.05) is 25.7 Å². The van der Waals surface area contributed by atoms with Crippen molar-refractivity contribution >= 4 is 11.6 Å². The van der Waals surface area contributed by atoms with Crippen molar-refractivity contribution in [3.05, 3.63) is 28.1 Å². The summed E-state index contributed by atoms with van der Waals surface area (Å²) in [5.74, 6) is -0.140. The van der Waals surface area contributed by atoms with Gasteiger partial charge in [-0.3, -0.25) is 14.9 Å². The second-order valence-electron chi connectivity index (χ2n) is 5.18. The van der Waals surface area contributed by atoms with Crippen LogP contribution in [0.3, 0.4) is 0 Å². The van der Waals surface area contributed by atoms with Gasteiger partial charge in [0.1, 0.15) is 5.69 Å². The molecule has 1 aromatic rings. The van der Waals surface area contributed by atoms with Crippen LogP contribution in [0.1, 0.15) is 36.2 Å². The van der Waals surface area contributed by atoms with Crippen LogP contribution >= 0.6 is 0 Å². The largest absolute Gasteiger partial charge is 0.340 e. The molecule has 0 aliphatic carbocycles. The molecule has 7 nitrogen and oxygen atoms in total. The topological polar surface area (TPSA) is 94.4 Å². The SMILES string of the molecule is Cn1cc([N+](=O)[O-])cc1C(=O)N1CCCCC1CCN. The quantitative estimate of drug-likeness (QED) is 0.664. The number of rotatable bonds is 4. The molecule has 0 bridgehead atoms. The Labute approximate surface area is 117 Å². The zero-order chi connectivity index (χ0) is 14.7. The van der Waals surface area contributed by atoms with E-state index in [-0.39, 0.29) is 17.6 Å². The zero-order valence-electron chi connectivity index (χ0n) is 11.6. The molecule has 1 amide bonds. The minimum absolute atomic E-state index is 0.0526. The second-order valence-corrected chi connectivity index (χ2v) is 5.18. The third-order valence-electron chi connectivity index (χ3n) is 3.81. The summed E-state index contributed by atoms with van der Waals surface area (Å²) in [6.07, 6.45) is 5.17. The third-order valence-corrected chi connectivity index (χ3v) is 3.81. The predicted molar refractivity (Wildman–Crippen MR) is 74.4 cm³/mol. The molecule has 2 N–H and O–H groups in total. The van der Waals surface area contributed by atoms with E-state index >= 15 is 0 Å². The summed E-state index contributed by atoms with van der Waals surface area (Å²) < 4.78 is 1.52. The summed E-state index contributed by atoms with van der Waals surface area (Å²) in [4.78, 5) is 24.7. The number of nitro groups is 1. The van der Waals surface area contributed by atoms with Crippen molar-refractivity contribution in [2.24, 2.45) is 12.8 Å². The Morgan fingerprint density at radius 2 is 2.30 bits per heavy atom. The molecular weight excluding hydrogens is 260 g/mol. The minimum atomic E-state index is -0.482. The molecule has 0 radical (unpaired) electrons. The molecule has 20 heavy (non-hydrogen) atoms. The Balaban J connectivity index is 2.22. The van der Waals surface area contributed by atoms with Crippen LogP contribution in [0.2, 0.25) is 0 Å². The highest BCUT2D eigenvalue weighted by Gasteiger charge is 2.29. The second kappa shape index (κ2) is 6.04. The number of hydrogen-bond donors (Lipinski definition) is 1. The summed E-state index contributed by atoms with van der Waals surface area (Å²) in [5, 5.41) is 10.8. The number of nitrogens with zero attached hydrogens (tertiary/aromatic N) is 3. The number of piperidine rings is 1. The smallest absolute Gasteiger partial charge is 0.287 e. The highest BCUT2D eigenvalue weighted by molar-refractivity contribution is 5.93. The standard InChI is InChI=1S/C13H20N4O3/c1-15-9-11(17(19)20)8-12(15)13(18)16-7-3-2-4-10(16)5-6-14/h8-10H,2-7,14H2,1H3. The summed E-state index contributed by atoms with van der Waals surface area (Å²) in [6.45, 7) is 1.24. The van der Waals surface area contributed by atoms with E-state index in [0.29, 0.717) is 18.8 Å². The Morgan fingerprint density at radius 1 is 1.55 bits per heavy atom. The number of carbonyl (C=O) groups is 1. The van der Waals surface area contributed by atoms with Gasteiger partial charge in [-0.15, -0.1) is 0 Å². The fourth-order valence-electron chi connectivity index (χ4n) is 2.77. The first kappa shape index (κ1) is 14.5. The Kier molecular flexibility index (Phi) is 4.39. The van der Waals surface area contributed by atoms with Crippen LogP contribution in [0.25, 0.3) is 0 Å². The molecule has 1 aliphatic heterocycles. The van der Waals surface area contributed by atoms with Crippen LogP contribution in [-0.2, 0) is 7.05 Å². The molecule has 7 heteroatoms. The predicted octanol–water partition coefficient (Wildman–Crippen LogP) is 1.28. The van der Waals surface area contributed by atoms with Gasteiger partial charge in [0.25, 0.3) is 11.6 Å². The van der Waals surface area contributed by atoms with Gasteiger partial charge in [0.2, 0.25) is 0 Å². The molecule has 0 aromatic carbocycles. The summed E-state index contributed by atoms with van der Waals surface area (Å²) in [7, 11) is 1.65. The molecule has 2 rings (SSSR count). The lowest BCUT2D eigenvalue weighted by Gasteiger charge is -2.35. The first-order valence-electron chi connectivity index (χ1n) is 6.86. The Hall–Kier alpha value is -1.89. The Bertz CT molecular complexity index is 510. The van der Waals surface area contributed by atoms with Crippen molar-refractivity contribution in [2.75, 3.05) is 13.1 Å². The van der Waals surface area contributed by atoms with Crippen LogP contribution in [-0.4, -0.2) is 39.4 Å². The van der Waals surface area contributed by atoms with Crippen molar-refractivity contribution < 1.29 is 9.72 Å². The lowest BCUT2D eigenvalue weighted by atomic mass is 9.99. The van der Waals surface area contributed by atoms with Crippen molar-refractivity contribution in [3.8, 4) is 0 Å². The van der Waals surface area contributed by atoms with Crippen molar-refractivity contribution in [2.45, 2.75) is 31.7 Å². The molecule has 2 heterocycles. The average molecular weight is 280 g/mol. The highest BCUT2D eigenvalue weighted by Crippen LogP contribution is 2.23. The maximum absolute atomic E-state index is 12.6. The van der Waals surface area contributed by atoms with E-state index in [1.54, 1.807) is 7.05 Å². The number of hydrogen-bond acceptors (Lipinski definition) is 4. The van der Waals surface area contributed by atoms with Gasteiger partial charge < -0.3 is 15.2 Å². The van der Waals surface area contributed by atoms with Crippen LogP contribution < -0.4 is 5.73 Å². The molecule has 1 saturated heterocycles. The van der Waals surface area contributed by atoms with Gasteiger partial charge in [0.05, 0.1) is 11.1 Å². The van der Waals surface area contributed by atoms with Crippen LogP contribution in [0.4, 0.5) is 5.69 Å². The minimum Gasteiger partial charge on any atom is -0.340 e. The van der Waals surface area contributed by atoms with E-state index in [1.807, 2.05) is 4.90 Å². The van der Waals surface area contributed by atoms with E-state index < -0.39 is 4.92 Å². The van der Waals surface area contributed by atoms with E-state index in [4.69, 9.17) is 5.73 Å². The molecule has 1 aliphatic rings. The lowest BCUT2D eigenvalue weighted by Crippen LogP contribution is -2.45. The Morgan fingerprint density at radius 3 is 2.90 bits per heavy atom. The molecule has 0 saturated carbocycles. The molecule has 1 aromatic heterocycles. The van der Waals surface area contributed by atoms with Crippen LogP contribution in [0.15, 0.2) is 12.3 Å². The molecule has 110 valence electrons. The highest BCUT2D eigenvalue weighted by atomic mass is 16.6. The van der Waals surface area contributed by atoms with E-state index in [1.165, 1.54) is 16.8 Å². The molecule has 0 spiro atoms. The van der Waals surface area contributed by atoms with Gasteiger partial charge in [-0.25, -0.2) is 0 Å². The van der Waals surface area contributed by atoms with Crippen molar-refractivity contribution in [1.29, 1.82) is 0 Å². The van der Waals surface area contributed by atoms with E-state index in [0.717, 1.165) is 25.7 Å². The molecule has 1 fully saturated rings. The number of amides is 1. The fourth-order valence-corrected chi connectivity index (χ4v) is 2.77. The monoisotopic (exact) mass is 280 g/mol. The fraction of sp³-hybridized carbons (Fsp3) is 0.615. The average Bonchev–Trinajstić information content (AvgIpc) is 2.81. The number of nitrogens with two attached hydrogens (primary N) is 1. The van der Waals surface area contributed by atoms with Crippen LogP contribution in [0.5, 0.6) is 0 Å². The van der Waals surface area contributed by atoms with Gasteiger partial charge in [-0.2, -0.15) is 0 Å². The maximum Gasteiger partial charge on any atom is 0.287 e. The number of aromatic nitrogens is 1. The number of likely N-dealkylation sites (tertiary alicyclic amines) is 1. The van der Waals surface area contributed by atoms with E-state index in [2.05, 4.69) is 0 Å².